The van der Waals surface area contributed by atoms with Gasteiger partial charge < -0.3 is 4.74 Å². The van der Waals surface area contributed by atoms with Crippen LogP contribution in [-0.2, 0) is 15.5 Å². The molecule has 0 spiro atoms. The largest absolute Gasteiger partial charge is 0.381 e. The normalized spacial score (nSPS) is 19.6. The number of ether oxygens (including phenoxy) is 1. The van der Waals surface area contributed by atoms with Crippen molar-refractivity contribution in [3.8, 4) is 0 Å². The predicted octanol–water partition coefficient (Wildman–Crippen LogP) is 2.36. The fourth-order valence-electron chi connectivity index (χ4n) is 1.83. The average molecular weight is 242 g/mol. The number of hydrogen-bond donors (Lipinski definition) is 0. The van der Waals surface area contributed by atoms with Crippen LogP contribution in [0.2, 0.25) is 0 Å². The Bertz CT molecular complexity index is 375. The molecular formula is C12H15FO2S. The molecule has 1 aliphatic rings. The van der Waals surface area contributed by atoms with Crippen molar-refractivity contribution < 1.29 is 13.3 Å². The van der Waals surface area contributed by atoms with Crippen molar-refractivity contribution in [1.29, 1.82) is 0 Å². The first kappa shape index (κ1) is 11.7. The first-order chi connectivity index (χ1) is 7.75. The lowest BCUT2D eigenvalue weighted by Crippen LogP contribution is -2.21. The summed E-state index contributed by atoms with van der Waals surface area (Å²) in [6.45, 7) is 1.51. The molecule has 1 saturated heterocycles. The fourth-order valence-corrected chi connectivity index (χ4v) is 3.26. The van der Waals surface area contributed by atoms with Gasteiger partial charge in [0.25, 0.3) is 0 Å². The van der Waals surface area contributed by atoms with E-state index < -0.39 is 10.8 Å². The first-order valence-corrected chi connectivity index (χ1v) is 6.79. The van der Waals surface area contributed by atoms with Gasteiger partial charge in [0.15, 0.2) is 0 Å². The molecule has 0 radical (unpaired) electrons. The van der Waals surface area contributed by atoms with Gasteiger partial charge in [0.1, 0.15) is 5.82 Å². The smallest absolute Gasteiger partial charge is 0.124 e. The van der Waals surface area contributed by atoms with Crippen LogP contribution in [0, 0.1) is 11.7 Å². The monoisotopic (exact) mass is 242 g/mol. The molecule has 1 unspecified atom stereocenters. The molecule has 1 aliphatic heterocycles. The maximum Gasteiger partial charge on any atom is 0.124 e. The van der Waals surface area contributed by atoms with Gasteiger partial charge in [-0.15, -0.1) is 0 Å². The summed E-state index contributed by atoms with van der Waals surface area (Å²) in [6, 6.07) is 6.05. The molecule has 16 heavy (non-hydrogen) atoms. The third-order valence-corrected chi connectivity index (χ3v) is 4.34. The van der Waals surface area contributed by atoms with E-state index in [-0.39, 0.29) is 5.82 Å². The highest BCUT2D eigenvalue weighted by Gasteiger charge is 2.17. The number of benzene rings is 1. The van der Waals surface area contributed by atoms with Crippen LogP contribution >= 0.6 is 0 Å². The molecule has 0 aliphatic carbocycles. The summed E-state index contributed by atoms with van der Waals surface area (Å²) < 4.78 is 30.2. The van der Waals surface area contributed by atoms with Crippen LogP contribution in [0.25, 0.3) is 0 Å². The summed E-state index contributed by atoms with van der Waals surface area (Å²) in [6.07, 6.45) is 1.92. The molecule has 1 heterocycles. The van der Waals surface area contributed by atoms with Gasteiger partial charge in [0, 0.05) is 23.9 Å². The molecule has 0 saturated carbocycles. The molecule has 88 valence electrons. The lowest BCUT2D eigenvalue weighted by Gasteiger charge is -2.21. The molecule has 2 nitrogen and oxygen atoms in total. The minimum atomic E-state index is -1.09. The summed E-state index contributed by atoms with van der Waals surface area (Å²) in [5, 5.41) is 0. The van der Waals surface area contributed by atoms with Crippen LogP contribution < -0.4 is 0 Å². The predicted molar refractivity (Wildman–Crippen MR) is 61.2 cm³/mol. The molecule has 1 aromatic rings. The van der Waals surface area contributed by atoms with E-state index in [1.165, 1.54) is 12.1 Å². The zero-order valence-corrected chi connectivity index (χ0v) is 9.84. The lowest BCUT2D eigenvalue weighted by atomic mass is 10.0. The van der Waals surface area contributed by atoms with Crippen molar-refractivity contribution in [2.75, 3.05) is 19.0 Å². The number of hydrogen-bond acceptors (Lipinski definition) is 2. The molecule has 4 heteroatoms. The van der Waals surface area contributed by atoms with E-state index in [1.54, 1.807) is 12.1 Å². The fraction of sp³-hybridized carbons (Fsp3) is 0.500. The van der Waals surface area contributed by atoms with Crippen molar-refractivity contribution in [1.82, 2.24) is 0 Å². The molecule has 0 bridgehead atoms. The van der Waals surface area contributed by atoms with E-state index >= 15 is 0 Å². The molecule has 1 atom stereocenters. The minimum Gasteiger partial charge on any atom is -0.381 e. The van der Waals surface area contributed by atoms with Crippen LogP contribution in [-0.4, -0.2) is 23.2 Å². The van der Waals surface area contributed by atoms with E-state index in [2.05, 4.69) is 0 Å². The van der Waals surface area contributed by atoms with Crippen LogP contribution in [0.5, 0.6) is 0 Å². The quantitative estimate of drug-likeness (QED) is 0.813. The lowest BCUT2D eigenvalue weighted by molar-refractivity contribution is 0.0725. The third kappa shape index (κ3) is 3.12. The first-order valence-electron chi connectivity index (χ1n) is 5.47. The average Bonchev–Trinajstić information content (AvgIpc) is 2.30. The zero-order valence-electron chi connectivity index (χ0n) is 9.02. The van der Waals surface area contributed by atoms with E-state index in [4.69, 9.17) is 4.74 Å². The van der Waals surface area contributed by atoms with Crippen molar-refractivity contribution in [2.24, 2.45) is 5.92 Å². The summed E-state index contributed by atoms with van der Waals surface area (Å²) in [7, 11) is -1.09. The van der Waals surface area contributed by atoms with Crippen molar-refractivity contribution in [3.63, 3.8) is 0 Å². The van der Waals surface area contributed by atoms with E-state index in [0.29, 0.717) is 16.6 Å². The topological polar surface area (TPSA) is 26.3 Å². The molecule has 0 aromatic heterocycles. The summed E-state index contributed by atoms with van der Waals surface area (Å²) in [4.78, 5) is 0.589. The molecule has 2 rings (SSSR count). The van der Waals surface area contributed by atoms with Gasteiger partial charge >= 0.3 is 0 Å². The van der Waals surface area contributed by atoms with Crippen LogP contribution in [0.15, 0.2) is 29.2 Å². The number of rotatable bonds is 3. The highest BCUT2D eigenvalue weighted by Crippen LogP contribution is 2.19. The Kier molecular flexibility index (Phi) is 4.07. The highest BCUT2D eigenvalue weighted by molar-refractivity contribution is 7.85. The van der Waals surface area contributed by atoms with E-state index in [0.717, 1.165) is 26.1 Å². The van der Waals surface area contributed by atoms with Gasteiger partial charge in [-0.25, -0.2) is 4.39 Å². The summed E-state index contributed by atoms with van der Waals surface area (Å²) in [5.41, 5.74) is 0. The molecular weight excluding hydrogens is 227 g/mol. The van der Waals surface area contributed by atoms with Crippen molar-refractivity contribution in [3.05, 3.63) is 30.1 Å². The molecule has 0 N–H and O–H groups in total. The Hall–Kier alpha value is -0.740. The van der Waals surface area contributed by atoms with Gasteiger partial charge in [0.05, 0.1) is 10.8 Å². The van der Waals surface area contributed by atoms with E-state index in [9.17, 15) is 8.60 Å². The van der Waals surface area contributed by atoms with Gasteiger partial charge in [-0.2, -0.15) is 0 Å². The van der Waals surface area contributed by atoms with Gasteiger partial charge in [-0.1, -0.05) is 6.07 Å². The highest BCUT2D eigenvalue weighted by atomic mass is 32.2. The van der Waals surface area contributed by atoms with Crippen LogP contribution in [0.4, 0.5) is 4.39 Å². The van der Waals surface area contributed by atoms with Gasteiger partial charge in [-0.05, 0) is 37.0 Å². The molecule has 1 fully saturated rings. The molecule has 0 amide bonds. The summed E-state index contributed by atoms with van der Waals surface area (Å²) in [5.74, 6) is 0.739. The second kappa shape index (κ2) is 5.55. The van der Waals surface area contributed by atoms with Crippen LogP contribution in [0.3, 0.4) is 0 Å². The van der Waals surface area contributed by atoms with E-state index in [1.807, 2.05) is 0 Å². The summed E-state index contributed by atoms with van der Waals surface area (Å²) >= 11 is 0. The Morgan fingerprint density at radius 2 is 2.12 bits per heavy atom. The minimum absolute atomic E-state index is 0.321. The molecule has 1 aromatic carbocycles. The Labute approximate surface area is 97.3 Å². The maximum atomic E-state index is 13.0. The number of halogens is 1. The standard InChI is InChI=1S/C12H15FO2S/c13-11-2-1-3-12(8-11)16(14)9-10-4-6-15-7-5-10/h1-3,8,10H,4-7,9H2. The Morgan fingerprint density at radius 1 is 1.38 bits per heavy atom. The maximum absolute atomic E-state index is 13.0. The zero-order chi connectivity index (χ0) is 11.4. The van der Waals surface area contributed by atoms with Crippen molar-refractivity contribution in [2.45, 2.75) is 17.7 Å². The SMILES string of the molecule is O=S(CC1CCOCC1)c1cccc(F)c1. The Morgan fingerprint density at radius 3 is 2.81 bits per heavy atom. The second-order valence-electron chi connectivity index (χ2n) is 4.03. The van der Waals surface area contributed by atoms with Crippen molar-refractivity contribution >= 4 is 10.8 Å². The Balaban J connectivity index is 1.97. The third-order valence-electron chi connectivity index (χ3n) is 2.79. The van der Waals surface area contributed by atoms with Gasteiger partial charge in [-0.3, -0.25) is 4.21 Å². The van der Waals surface area contributed by atoms with Crippen LogP contribution in [0.1, 0.15) is 12.8 Å². The van der Waals surface area contributed by atoms with Gasteiger partial charge in [0.2, 0.25) is 0 Å². The second-order valence-corrected chi connectivity index (χ2v) is 5.52.